The van der Waals surface area contributed by atoms with Crippen LogP contribution in [0.1, 0.15) is 18.9 Å². The Bertz CT molecular complexity index is 381. The average molecular weight is 248 g/mol. The summed E-state index contributed by atoms with van der Waals surface area (Å²) in [5.74, 6) is 0. The molecule has 0 spiro atoms. The molecule has 3 heteroatoms. The minimum absolute atomic E-state index is 0.249. The number of hydrogen-bond acceptors (Lipinski definition) is 3. The van der Waals surface area contributed by atoms with E-state index in [9.17, 15) is 0 Å². The normalized spacial score (nSPS) is 19.8. The summed E-state index contributed by atoms with van der Waals surface area (Å²) in [7, 11) is 2.11. The van der Waals surface area contributed by atoms with E-state index >= 15 is 0 Å². The fraction of sp³-hybridized carbons (Fsp3) is 0.600. The summed E-state index contributed by atoms with van der Waals surface area (Å²) in [5.41, 5.74) is 2.82. The zero-order valence-corrected chi connectivity index (χ0v) is 11.5. The minimum atomic E-state index is 0.249. The molecule has 1 aliphatic rings. The molecule has 0 aromatic heterocycles. The lowest BCUT2D eigenvalue weighted by Crippen LogP contribution is -2.36. The van der Waals surface area contributed by atoms with E-state index in [1.54, 1.807) is 0 Å². The number of aliphatic hydroxyl groups is 1. The molecule has 1 aliphatic heterocycles. The third-order valence-electron chi connectivity index (χ3n) is 3.95. The van der Waals surface area contributed by atoms with Crippen molar-refractivity contribution in [1.82, 2.24) is 4.90 Å². The molecule has 1 fully saturated rings. The van der Waals surface area contributed by atoms with E-state index in [4.69, 9.17) is 5.11 Å². The topological polar surface area (TPSA) is 26.7 Å². The molecule has 0 radical (unpaired) electrons. The van der Waals surface area contributed by atoms with Crippen LogP contribution in [0.2, 0.25) is 0 Å². The van der Waals surface area contributed by atoms with Crippen molar-refractivity contribution < 1.29 is 5.11 Å². The van der Waals surface area contributed by atoms with Gasteiger partial charge < -0.3 is 10.0 Å². The van der Waals surface area contributed by atoms with Crippen LogP contribution in [0.25, 0.3) is 0 Å². The van der Waals surface area contributed by atoms with Crippen LogP contribution in [0.5, 0.6) is 0 Å². The third-order valence-corrected chi connectivity index (χ3v) is 3.95. The van der Waals surface area contributed by atoms with Gasteiger partial charge in [-0.05, 0) is 31.5 Å². The number of anilines is 1. The molecule has 1 atom stereocenters. The van der Waals surface area contributed by atoms with E-state index in [0.717, 1.165) is 26.1 Å². The van der Waals surface area contributed by atoms with Crippen LogP contribution in [0.4, 0.5) is 5.69 Å². The summed E-state index contributed by atoms with van der Waals surface area (Å²) in [4.78, 5) is 4.76. The van der Waals surface area contributed by atoms with Gasteiger partial charge in [0.1, 0.15) is 0 Å². The molecule has 18 heavy (non-hydrogen) atoms. The fourth-order valence-electron chi connectivity index (χ4n) is 2.78. The van der Waals surface area contributed by atoms with Crippen LogP contribution in [0.3, 0.4) is 0 Å². The Balaban J connectivity index is 2.04. The van der Waals surface area contributed by atoms with E-state index < -0.39 is 0 Å². The number of rotatable bonds is 5. The van der Waals surface area contributed by atoms with Crippen molar-refractivity contribution in [2.75, 3.05) is 38.2 Å². The molecule has 0 aliphatic carbocycles. The molecular weight excluding hydrogens is 224 g/mol. The smallest absolute Gasteiger partial charge is 0.0558 e. The van der Waals surface area contributed by atoms with E-state index in [1.165, 1.54) is 17.7 Å². The predicted molar refractivity (Wildman–Crippen MR) is 76.2 cm³/mol. The second-order valence-electron chi connectivity index (χ2n) is 5.07. The first-order valence-corrected chi connectivity index (χ1v) is 6.90. The van der Waals surface area contributed by atoms with Gasteiger partial charge in [0.25, 0.3) is 0 Å². The van der Waals surface area contributed by atoms with Gasteiger partial charge in [0, 0.05) is 31.4 Å². The molecule has 100 valence electrons. The lowest BCUT2D eigenvalue weighted by Gasteiger charge is -2.25. The van der Waals surface area contributed by atoms with Gasteiger partial charge in [-0.1, -0.05) is 25.1 Å². The number of aryl methyl sites for hydroxylation is 1. The van der Waals surface area contributed by atoms with Crippen molar-refractivity contribution in [3.63, 3.8) is 0 Å². The summed E-state index contributed by atoms with van der Waals surface area (Å²) in [6.07, 6.45) is 2.28. The van der Waals surface area contributed by atoms with Gasteiger partial charge in [-0.15, -0.1) is 0 Å². The van der Waals surface area contributed by atoms with Crippen LogP contribution < -0.4 is 4.90 Å². The molecule has 3 nitrogen and oxygen atoms in total. The van der Waals surface area contributed by atoms with E-state index in [1.807, 2.05) is 0 Å². The second-order valence-corrected chi connectivity index (χ2v) is 5.07. The first-order valence-electron chi connectivity index (χ1n) is 6.90. The van der Waals surface area contributed by atoms with Crippen molar-refractivity contribution in [2.24, 2.45) is 0 Å². The lowest BCUT2D eigenvalue weighted by atomic mass is 10.1. The van der Waals surface area contributed by atoms with Crippen molar-refractivity contribution in [3.8, 4) is 0 Å². The highest BCUT2D eigenvalue weighted by molar-refractivity contribution is 5.54. The summed E-state index contributed by atoms with van der Waals surface area (Å²) >= 11 is 0. The summed E-state index contributed by atoms with van der Waals surface area (Å²) in [6.45, 7) is 5.43. The number of aliphatic hydroxyl groups excluding tert-OH is 1. The second kappa shape index (κ2) is 6.21. The first-order chi connectivity index (χ1) is 8.76. The molecule has 1 N–H and O–H groups in total. The maximum atomic E-state index is 9.01. The molecule has 1 aromatic rings. The van der Waals surface area contributed by atoms with Crippen molar-refractivity contribution in [3.05, 3.63) is 29.8 Å². The van der Waals surface area contributed by atoms with E-state index in [2.05, 4.69) is 48.0 Å². The Morgan fingerprint density at radius 1 is 1.39 bits per heavy atom. The molecular formula is C15H24N2O. The Morgan fingerprint density at radius 3 is 2.89 bits per heavy atom. The fourth-order valence-corrected chi connectivity index (χ4v) is 2.78. The Kier molecular flexibility index (Phi) is 4.61. The van der Waals surface area contributed by atoms with Gasteiger partial charge in [-0.2, -0.15) is 0 Å². The van der Waals surface area contributed by atoms with Crippen molar-refractivity contribution in [2.45, 2.75) is 25.8 Å². The van der Waals surface area contributed by atoms with Gasteiger partial charge >= 0.3 is 0 Å². The van der Waals surface area contributed by atoms with Crippen LogP contribution >= 0.6 is 0 Å². The van der Waals surface area contributed by atoms with Crippen molar-refractivity contribution in [1.29, 1.82) is 0 Å². The van der Waals surface area contributed by atoms with Gasteiger partial charge in [-0.25, -0.2) is 0 Å². The molecule has 0 saturated carbocycles. The molecule has 0 bridgehead atoms. The zero-order chi connectivity index (χ0) is 13.0. The van der Waals surface area contributed by atoms with Crippen molar-refractivity contribution >= 4 is 5.69 Å². The zero-order valence-electron chi connectivity index (χ0n) is 11.5. The van der Waals surface area contributed by atoms with Crippen LogP contribution in [-0.2, 0) is 6.42 Å². The Labute approximate surface area is 110 Å². The van der Waals surface area contributed by atoms with Crippen LogP contribution in [0.15, 0.2) is 24.3 Å². The molecule has 2 rings (SSSR count). The summed E-state index contributed by atoms with van der Waals surface area (Å²) < 4.78 is 0. The van der Waals surface area contributed by atoms with Gasteiger partial charge in [0.05, 0.1) is 6.61 Å². The predicted octanol–water partition coefficient (Wildman–Crippen LogP) is 1.75. The monoisotopic (exact) mass is 248 g/mol. The highest BCUT2D eigenvalue weighted by atomic mass is 16.3. The quantitative estimate of drug-likeness (QED) is 0.860. The largest absolute Gasteiger partial charge is 0.395 e. The number of hydrogen-bond donors (Lipinski definition) is 1. The maximum absolute atomic E-state index is 9.01. The minimum Gasteiger partial charge on any atom is -0.395 e. The molecule has 1 heterocycles. The van der Waals surface area contributed by atoms with Gasteiger partial charge in [0.15, 0.2) is 0 Å². The Morgan fingerprint density at radius 2 is 2.17 bits per heavy atom. The molecule has 1 saturated heterocycles. The lowest BCUT2D eigenvalue weighted by molar-refractivity contribution is 0.188. The van der Waals surface area contributed by atoms with E-state index in [-0.39, 0.29) is 6.61 Å². The first kappa shape index (κ1) is 13.4. The average Bonchev–Trinajstić information content (AvgIpc) is 2.88. The standard InChI is InChI=1S/C15H24N2O/c1-3-13-6-4-5-7-15(13)17-9-8-14(12-17)16(2)10-11-18/h4-7,14,18H,3,8-12H2,1-2H3. The molecule has 1 unspecified atom stereocenters. The summed E-state index contributed by atoms with van der Waals surface area (Å²) in [6, 6.07) is 9.27. The van der Waals surface area contributed by atoms with Crippen LogP contribution in [0, 0.1) is 0 Å². The van der Waals surface area contributed by atoms with Gasteiger partial charge in [0.2, 0.25) is 0 Å². The Hall–Kier alpha value is -1.06. The maximum Gasteiger partial charge on any atom is 0.0558 e. The van der Waals surface area contributed by atoms with Crippen LogP contribution in [-0.4, -0.2) is 49.3 Å². The summed E-state index contributed by atoms with van der Waals surface area (Å²) in [5, 5.41) is 9.01. The van der Waals surface area contributed by atoms with E-state index in [0.29, 0.717) is 6.04 Å². The third kappa shape index (κ3) is 2.85. The number of benzene rings is 1. The number of para-hydroxylation sites is 1. The number of likely N-dealkylation sites (N-methyl/N-ethyl adjacent to an activating group) is 1. The highest BCUT2D eigenvalue weighted by Crippen LogP contribution is 2.26. The molecule has 1 aromatic carbocycles. The molecule has 0 amide bonds. The number of nitrogens with zero attached hydrogens (tertiary/aromatic N) is 2. The van der Waals surface area contributed by atoms with Gasteiger partial charge in [-0.3, -0.25) is 4.90 Å². The highest BCUT2D eigenvalue weighted by Gasteiger charge is 2.26. The SMILES string of the molecule is CCc1ccccc1N1CCC(N(C)CCO)C1.